The minimum atomic E-state index is 0.788. The third-order valence-corrected chi connectivity index (χ3v) is 3.88. The molecule has 0 aliphatic carbocycles. The summed E-state index contributed by atoms with van der Waals surface area (Å²) in [4.78, 5) is 3.37. The van der Waals surface area contributed by atoms with Crippen molar-refractivity contribution in [1.29, 1.82) is 0 Å². The minimum Gasteiger partial charge on any atom is -0.349 e. The Morgan fingerprint density at radius 2 is 2.00 bits per heavy atom. The molecule has 4 heteroatoms. The zero-order chi connectivity index (χ0) is 10.7. The molecule has 0 amide bonds. The van der Waals surface area contributed by atoms with Gasteiger partial charge in [-0.05, 0) is 30.5 Å². The molecule has 0 unspecified atom stereocenters. The van der Waals surface area contributed by atoms with E-state index in [1.165, 1.54) is 0 Å². The highest BCUT2D eigenvalue weighted by Crippen LogP contribution is 2.23. The minimum absolute atomic E-state index is 0.788. The predicted octanol–water partition coefficient (Wildman–Crippen LogP) is 4.73. The van der Waals surface area contributed by atoms with Crippen LogP contribution in [0.5, 0.6) is 0 Å². The topological polar surface area (TPSA) is 15.8 Å². The first-order chi connectivity index (χ1) is 7.29. The second-order valence-corrected chi connectivity index (χ2v) is 5.49. The first-order valence-corrected chi connectivity index (χ1v) is 6.87. The molecule has 0 spiro atoms. The molecule has 2 rings (SSSR count). The number of aromatic amines is 1. The average molecular weight is 256 g/mol. The van der Waals surface area contributed by atoms with E-state index in [1.54, 1.807) is 23.1 Å². The summed E-state index contributed by atoms with van der Waals surface area (Å²) in [5.74, 6) is 0. The Kier molecular flexibility index (Phi) is 3.57. The van der Waals surface area contributed by atoms with E-state index >= 15 is 0 Å². The van der Waals surface area contributed by atoms with Crippen LogP contribution in [0.4, 0.5) is 0 Å². The first-order valence-electron chi connectivity index (χ1n) is 4.45. The summed E-state index contributed by atoms with van der Waals surface area (Å²) < 4.78 is 1.94. The van der Waals surface area contributed by atoms with Crippen LogP contribution in [0.1, 0.15) is 0 Å². The molecular weight excluding hydrogens is 246 g/mol. The van der Waals surface area contributed by atoms with E-state index in [9.17, 15) is 0 Å². The van der Waals surface area contributed by atoms with Crippen LogP contribution in [0.2, 0.25) is 4.34 Å². The van der Waals surface area contributed by atoms with Gasteiger partial charge >= 0.3 is 0 Å². The van der Waals surface area contributed by atoms with Crippen molar-refractivity contribution >= 4 is 44.9 Å². The van der Waals surface area contributed by atoms with Crippen molar-refractivity contribution in [2.45, 2.75) is 5.03 Å². The molecule has 0 aliphatic heterocycles. The van der Waals surface area contributed by atoms with Crippen molar-refractivity contribution in [3.63, 3.8) is 0 Å². The Bertz CT molecular complexity index is 514. The molecule has 1 N–H and O–H groups in total. The molecule has 0 atom stereocenters. The lowest BCUT2D eigenvalue weighted by atomic mass is 10.3. The molecule has 0 aliphatic rings. The maximum atomic E-state index is 6.09. The molecule has 0 fully saturated rings. The highest BCUT2D eigenvalue weighted by Gasteiger charge is 1.93. The van der Waals surface area contributed by atoms with Gasteiger partial charge in [-0.3, -0.25) is 0 Å². The zero-order valence-corrected chi connectivity index (χ0v) is 10.5. The molecule has 2 aromatic rings. The summed E-state index contributed by atoms with van der Waals surface area (Å²) in [6.07, 6.45) is 2.04. The van der Waals surface area contributed by atoms with Gasteiger partial charge in [-0.2, -0.15) is 0 Å². The summed E-state index contributed by atoms with van der Waals surface area (Å²) in [5.41, 5.74) is 1.11. The molecule has 1 aromatic carbocycles. The van der Waals surface area contributed by atoms with Crippen LogP contribution in [-0.2, 0) is 0 Å². The van der Waals surface area contributed by atoms with Crippen molar-refractivity contribution < 1.29 is 0 Å². The third kappa shape index (κ3) is 2.68. The molecule has 0 radical (unpaired) electrons. The highest BCUT2D eigenvalue weighted by atomic mass is 35.5. The molecule has 0 bridgehead atoms. The quantitative estimate of drug-likeness (QED) is 0.729. The van der Waals surface area contributed by atoms with Gasteiger partial charge in [0.05, 0.1) is 19.6 Å². The maximum Gasteiger partial charge on any atom is 0.0935 e. The van der Waals surface area contributed by atoms with Crippen molar-refractivity contribution in [3.8, 4) is 0 Å². The van der Waals surface area contributed by atoms with Gasteiger partial charge in [-0.15, -0.1) is 23.1 Å². The second-order valence-electron chi connectivity index (χ2n) is 2.93. The fourth-order valence-corrected chi connectivity index (χ4v) is 2.68. The normalized spacial score (nSPS) is 10.3. The summed E-state index contributed by atoms with van der Waals surface area (Å²) in [5, 5.41) is 1.10. The van der Waals surface area contributed by atoms with Crippen molar-refractivity contribution in [2.24, 2.45) is 0 Å². The molecule has 1 aromatic heterocycles. The number of rotatable bonds is 1. The SMILES string of the molecule is CSc1ccc(Cl)sc2ccccc2[nH]1. The smallest absolute Gasteiger partial charge is 0.0935 e. The lowest BCUT2D eigenvalue weighted by Crippen LogP contribution is -1.76. The Morgan fingerprint density at radius 3 is 2.80 bits per heavy atom. The lowest BCUT2D eigenvalue weighted by molar-refractivity contribution is 1.21. The van der Waals surface area contributed by atoms with E-state index in [2.05, 4.69) is 17.1 Å². The largest absolute Gasteiger partial charge is 0.349 e. The van der Waals surface area contributed by atoms with Gasteiger partial charge in [0, 0.05) is 0 Å². The van der Waals surface area contributed by atoms with Crippen LogP contribution in [0.3, 0.4) is 0 Å². The van der Waals surface area contributed by atoms with E-state index in [-0.39, 0.29) is 0 Å². The summed E-state index contributed by atoms with van der Waals surface area (Å²) >= 11 is 9.33. The van der Waals surface area contributed by atoms with Gasteiger partial charge in [0.25, 0.3) is 0 Å². The molecule has 1 heterocycles. The van der Waals surface area contributed by atoms with Crippen LogP contribution in [0.15, 0.2) is 41.4 Å². The van der Waals surface area contributed by atoms with E-state index < -0.39 is 0 Å². The van der Waals surface area contributed by atoms with Crippen molar-refractivity contribution in [3.05, 3.63) is 40.7 Å². The van der Waals surface area contributed by atoms with Gasteiger partial charge in [-0.25, -0.2) is 0 Å². The van der Waals surface area contributed by atoms with Gasteiger partial charge in [0.1, 0.15) is 0 Å². The number of fused-ring (bicyclic) bond motifs is 1. The Labute approximate surface area is 102 Å². The number of thioether (sulfide) groups is 1. The number of aromatic nitrogens is 1. The van der Waals surface area contributed by atoms with E-state index in [0.717, 1.165) is 19.6 Å². The number of H-pyrrole nitrogens is 1. The van der Waals surface area contributed by atoms with Crippen LogP contribution in [0.25, 0.3) is 10.2 Å². The number of nitrogens with one attached hydrogen (secondary N) is 1. The third-order valence-electron chi connectivity index (χ3n) is 1.94. The Hall–Kier alpha value is -0.640. The van der Waals surface area contributed by atoms with Gasteiger partial charge in [0.2, 0.25) is 0 Å². The number of hydrogen-bond acceptors (Lipinski definition) is 2. The van der Waals surface area contributed by atoms with E-state index in [1.807, 2.05) is 30.5 Å². The molecular formula is C11H10ClNS2. The summed E-state index contributed by atoms with van der Waals surface area (Å²) in [6, 6.07) is 12.1. The number of hydrogen-bond donors (Lipinski definition) is 1. The molecule has 0 saturated heterocycles. The number of halogens is 1. The highest BCUT2D eigenvalue weighted by molar-refractivity contribution is 7.98. The lowest BCUT2D eigenvalue weighted by Gasteiger charge is -1.98. The number of benzene rings is 1. The van der Waals surface area contributed by atoms with E-state index in [0.29, 0.717) is 0 Å². The molecule has 78 valence electrons. The first kappa shape index (κ1) is 10.9. The van der Waals surface area contributed by atoms with Crippen LogP contribution in [-0.4, -0.2) is 11.2 Å². The fourth-order valence-electron chi connectivity index (χ4n) is 1.23. The zero-order valence-electron chi connectivity index (χ0n) is 8.16. The number of para-hydroxylation sites is 1. The second kappa shape index (κ2) is 4.92. The molecule has 1 nitrogen and oxygen atoms in total. The van der Waals surface area contributed by atoms with Crippen LogP contribution < -0.4 is 0 Å². The summed E-state index contributed by atoms with van der Waals surface area (Å²) in [7, 11) is 0. The summed E-state index contributed by atoms with van der Waals surface area (Å²) in [6.45, 7) is 0. The van der Waals surface area contributed by atoms with Crippen LogP contribution in [0, 0.1) is 0 Å². The van der Waals surface area contributed by atoms with Crippen LogP contribution >= 0.6 is 34.7 Å². The maximum absolute atomic E-state index is 6.09. The predicted molar refractivity (Wildman–Crippen MR) is 70.6 cm³/mol. The average Bonchev–Trinajstić information content (AvgIpc) is 2.23. The standard InChI is InChI=1S/C11H10ClNS2/c1-14-11-7-6-10(12)15-9-5-3-2-4-8(9)13-11/h2-7,13H,1H3. The molecule has 0 saturated carbocycles. The monoisotopic (exact) mass is 255 g/mol. The fraction of sp³-hybridized carbons (Fsp3) is 0.0909. The molecule has 15 heavy (non-hydrogen) atoms. The van der Waals surface area contributed by atoms with Gasteiger partial charge in [-0.1, -0.05) is 23.7 Å². The Morgan fingerprint density at radius 1 is 1.20 bits per heavy atom. The van der Waals surface area contributed by atoms with Gasteiger partial charge in [0.15, 0.2) is 0 Å². The van der Waals surface area contributed by atoms with Crippen molar-refractivity contribution in [2.75, 3.05) is 6.26 Å². The van der Waals surface area contributed by atoms with E-state index in [4.69, 9.17) is 11.6 Å². The Balaban J connectivity index is 2.81. The van der Waals surface area contributed by atoms with Crippen molar-refractivity contribution in [1.82, 2.24) is 4.98 Å². The van der Waals surface area contributed by atoms with Gasteiger partial charge < -0.3 is 4.98 Å².